The summed E-state index contributed by atoms with van der Waals surface area (Å²) in [7, 11) is 0. The van der Waals surface area contributed by atoms with Crippen LogP contribution in [0.4, 0.5) is 0 Å². The molecule has 1 aliphatic rings. The minimum Gasteiger partial charge on any atom is -0.236 e. The first-order chi connectivity index (χ1) is 6.33. The van der Waals surface area contributed by atoms with E-state index in [4.69, 9.17) is 0 Å². The molecule has 1 atom stereocenters. The van der Waals surface area contributed by atoms with Crippen LogP contribution in [-0.2, 0) is 6.54 Å². The van der Waals surface area contributed by atoms with Crippen molar-refractivity contribution in [1.29, 1.82) is 0 Å². The highest BCUT2D eigenvalue weighted by Crippen LogP contribution is 2.38. The van der Waals surface area contributed by atoms with Gasteiger partial charge in [0.05, 0.1) is 0 Å². The molecule has 0 saturated carbocycles. The summed E-state index contributed by atoms with van der Waals surface area (Å²) in [5, 5.41) is 0. The average Bonchev–Trinajstić information content (AvgIpc) is 2.44. The van der Waals surface area contributed by atoms with Gasteiger partial charge in [0.1, 0.15) is 0 Å². The van der Waals surface area contributed by atoms with Crippen LogP contribution in [0.3, 0.4) is 0 Å². The summed E-state index contributed by atoms with van der Waals surface area (Å²) >= 11 is 2.45. The molecule has 13 heavy (non-hydrogen) atoms. The number of rotatable bonds is 2. The van der Waals surface area contributed by atoms with Crippen LogP contribution in [0.1, 0.15) is 36.9 Å². The molecule has 0 bridgehead atoms. The molecule has 0 amide bonds. The first-order valence-corrected chi connectivity index (χ1v) is 5.79. The zero-order chi connectivity index (χ0) is 9.26. The summed E-state index contributed by atoms with van der Waals surface area (Å²) in [4.78, 5) is 0. The summed E-state index contributed by atoms with van der Waals surface area (Å²) in [6.45, 7) is 3.37. The van der Waals surface area contributed by atoms with Crippen molar-refractivity contribution in [3.8, 4) is 0 Å². The largest absolute Gasteiger partial charge is 0.236 e. The van der Waals surface area contributed by atoms with Crippen molar-refractivity contribution >= 4 is 22.9 Å². The maximum absolute atomic E-state index is 2.45. The van der Waals surface area contributed by atoms with Gasteiger partial charge in [-0.2, -0.15) is 0 Å². The average molecular weight is 287 g/mol. The molecule has 2 rings (SSSR count). The van der Waals surface area contributed by atoms with E-state index in [0.29, 0.717) is 6.04 Å². The normalized spacial score (nSPS) is 21.8. The maximum atomic E-state index is 2.45. The van der Waals surface area contributed by atoms with Gasteiger partial charge < -0.3 is 0 Å². The number of hydrogen-bond acceptors (Lipinski definition) is 1. The second kappa shape index (κ2) is 3.96. The molecule has 1 nitrogen and oxygen atoms in total. The van der Waals surface area contributed by atoms with Gasteiger partial charge in [-0.05, 0) is 17.5 Å². The van der Waals surface area contributed by atoms with Gasteiger partial charge in [-0.1, -0.05) is 37.6 Å². The second-order valence-corrected chi connectivity index (χ2v) is 4.80. The minimum atomic E-state index is 0.654. The van der Waals surface area contributed by atoms with E-state index in [0.717, 1.165) is 6.54 Å². The van der Waals surface area contributed by atoms with E-state index >= 15 is 0 Å². The van der Waals surface area contributed by atoms with Crippen molar-refractivity contribution in [2.45, 2.75) is 32.4 Å². The molecule has 1 aliphatic heterocycles. The lowest BCUT2D eigenvalue weighted by Crippen LogP contribution is -2.09. The summed E-state index contributed by atoms with van der Waals surface area (Å²) in [5.41, 5.74) is 3.05. The third kappa shape index (κ3) is 1.74. The van der Waals surface area contributed by atoms with Crippen LogP contribution in [0.5, 0.6) is 0 Å². The topological polar surface area (TPSA) is 3.24 Å². The molecule has 1 heterocycles. The Morgan fingerprint density at radius 2 is 2.23 bits per heavy atom. The Hall–Kier alpha value is -0.0900. The minimum absolute atomic E-state index is 0.654. The standard InChI is InChI=1S/C11H14IN/c1-2-5-11-10-7-4-3-6-9(10)8-13(11)12/h3-4,6-7,11H,2,5,8H2,1H3/t11-/m1/s1. The summed E-state index contributed by atoms with van der Waals surface area (Å²) < 4.78 is 2.42. The van der Waals surface area contributed by atoms with Crippen LogP contribution in [-0.4, -0.2) is 3.11 Å². The fourth-order valence-electron chi connectivity index (χ4n) is 2.00. The highest BCUT2D eigenvalue weighted by atomic mass is 127. The Kier molecular flexibility index (Phi) is 2.89. The first kappa shape index (κ1) is 9.46. The van der Waals surface area contributed by atoms with Crippen LogP contribution in [0.15, 0.2) is 24.3 Å². The molecule has 0 fully saturated rings. The molecule has 0 radical (unpaired) electrons. The monoisotopic (exact) mass is 287 g/mol. The van der Waals surface area contributed by atoms with Gasteiger partial charge in [-0.3, -0.25) is 0 Å². The second-order valence-electron chi connectivity index (χ2n) is 3.56. The molecule has 0 aliphatic carbocycles. The summed E-state index contributed by atoms with van der Waals surface area (Å²) in [6, 6.07) is 9.46. The summed E-state index contributed by atoms with van der Waals surface area (Å²) in [5.74, 6) is 0. The van der Waals surface area contributed by atoms with E-state index in [9.17, 15) is 0 Å². The maximum Gasteiger partial charge on any atom is 0.0450 e. The van der Waals surface area contributed by atoms with E-state index in [-0.39, 0.29) is 0 Å². The van der Waals surface area contributed by atoms with Crippen LogP contribution < -0.4 is 0 Å². The van der Waals surface area contributed by atoms with Gasteiger partial charge >= 0.3 is 0 Å². The van der Waals surface area contributed by atoms with Gasteiger partial charge in [-0.15, -0.1) is 0 Å². The molecular weight excluding hydrogens is 273 g/mol. The SMILES string of the molecule is CCC[C@@H]1c2ccccc2CN1I. The van der Waals surface area contributed by atoms with Gasteiger partial charge in [0.2, 0.25) is 0 Å². The van der Waals surface area contributed by atoms with Crippen molar-refractivity contribution in [3.63, 3.8) is 0 Å². The lowest BCUT2D eigenvalue weighted by molar-refractivity contribution is 0.401. The molecule has 2 heteroatoms. The molecule has 1 aromatic carbocycles. The molecule has 0 saturated heterocycles. The highest BCUT2D eigenvalue weighted by molar-refractivity contribution is 14.1. The van der Waals surface area contributed by atoms with Gasteiger partial charge in [0.25, 0.3) is 0 Å². The molecule has 0 unspecified atom stereocenters. The van der Waals surface area contributed by atoms with Crippen molar-refractivity contribution in [2.75, 3.05) is 0 Å². The lowest BCUT2D eigenvalue weighted by atomic mass is 10.0. The van der Waals surface area contributed by atoms with Gasteiger partial charge in [-0.25, -0.2) is 3.11 Å². The smallest absolute Gasteiger partial charge is 0.0450 e. The number of nitrogens with zero attached hydrogens (tertiary/aromatic N) is 1. The Morgan fingerprint density at radius 1 is 1.46 bits per heavy atom. The number of hydrogen-bond donors (Lipinski definition) is 0. The fraction of sp³-hybridized carbons (Fsp3) is 0.455. The number of benzene rings is 1. The molecule has 70 valence electrons. The molecular formula is C11H14IN. The van der Waals surface area contributed by atoms with E-state index in [1.54, 1.807) is 5.56 Å². The number of halogens is 1. The van der Waals surface area contributed by atoms with Crippen LogP contribution in [0.25, 0.3) is 0 Å². The summed E-state index contributed by atoms with van der Waals surface area (Å²) in [6.07, 6.45) is 2.54. The van der Waals surface area contributed by atoms with Gasteiger partial charge in [0.15, 0.2) is 0 Å². The van der Waals surface area contributed by atoms with Crippen LogP contribution >= 0.6 is 22.9 Å². The van der Waals surface area contributed by atoms with Crippen molar-refractivity contribution in [2.24, 2.45) is 0 Å². The third-order valence-electron chi connectivity index (χ3n) is 2.64. The Balaban J connectivity index is 2.29. The lowest BCUT2D eigenvalue weighted by Gasteiger charge is -2.16. The highest BCUT2D eigenvalue weighted by Gasteiger charge is 2.26. The number of fused-ring (bicyclic) bond motifs is 1. The van der Waals surface area contributed by atoms with Crippen LogP contribution in [0.2, 0.25) is 0 Å². The fourth-order valence-corrected chi connectivity index (χ4v) is 2.94. The van der Waals surface area contributed by atoms with Crippen molar-refractivity contribution < 1.29 is 0 Å². The Morgan fingerprint density at radius 3 is 3.00 bits per heavy atom. The Bertz CT molecular complexity index is 298. The third-order valence-corrected chi connectivity index (χ3v) is 3.65. The van der Waals surface area contributed by atoms with Crippen molar-refractivity contribution in [3.05, 3.63) is 35.4 Å². The van der Waals surface area contributed by atoms with Crippen molar-refractivity contribution in [1.82, 2.24) is 3.11 Å². The van der Waals surface area contributed by atoms with Gasteiger partial charge in [0, 0.05) is 35.5 Å². The predicted octanol–water partition coefficient (Wildman–Crippen LogP) is 3.69. The zero-order valence-electron chi connectivity index (χ0n) is 7.83. The van der Waals surface area contributed by atoms with E-state index in [1.165, 1.54) is 18.4 Å². The molecule has 0 spiro atoms. The Labute approximate surface area is 93.6 Å². The zero-order valence-corrected chi connectivity index (χ0v) is 9.99. The molecule has 1 aromatic rings. The first-order valence-electron chi connectivity index (χ1n) is 4.83. The van der Waals surface area contributed by atoms with E-state index in [1.807, 2.05) is 0 Å². The predicted molar refractivity (Wildman–Crippen MR) is 63.7 cm³/mol. The van der Waals surface area contributed by atoms with E-state index < -0.39 is 0 Å². The molecule has 0 aromatic heterocycles. The van der Waals surface area contributed by atoms with Crippen LogP contribution in [0, 0.1) is 0 Å². The van der Waals surface area contributed by atoms with E-state index in [2.05, 4.69) is 57.2 Å². The quantitative estimate of drug-likeness (QED) is 0.592. The molecule has 0 N–H and O–H groups in total.